The Morgan fingerprint density at radius 2 is 1.92 bits per heavy atom. The topological polar surface area (TPSA) is 47.6 Å². The van der Waals surface area contributed by atoms with Crippen molar-refractivity contribution in [3.8, 4) is 11.5 Å². The van der Waals surface area contributed by atoms with Crippen LogP contribution in [0.15, 0.2) is 40.9 Å². The largest absolute Gasteiger partial charge is 0.490 e. The Morgan fingerprint density at radius 1 is 1.17 bits per heavy atom. The predicted octanol–water partition coefficient (Wildman–Crippen LogP) is 4.24. The van der Waals surface area contributed by atoms with Crippen LogP contribution < -0.4 is 14.8 Å². The molecule has 24 heavy (non-hydrogen) atoms. The van der Waals surface area contributed by atoms with Gasteiger partial charge in [0, 0.05) is 16.5 Å². The van der Waals surface area contributed by atoms with Gasteiger partial charge in [-0.1, -0.05) is 22.0 Å². The van der Waals surface area contributed by atoms with Crippen LogP contribution in [0.5, 0.6) is 11.5 Å². The van der Waals surface area contributed by atoms with Gasteiger partial charge in [-0.05, 0) is 42.8 Å². The molecule has 1 unspecified atom stereocenters. The van der Waals surface area contributed by atoms with Crippen molar-refractivity contribution in [3.63, 3.8) is 0 Å². The Labute approximate surface area is 148 Å². The third-order valence-corrected chi connectivity index (χ3v) is 4.20. The first-order valence-electron chi connectivity index (χ1n) is 7.69. The van der Waals surface area contributed by atoms with Crippen LogP contribution in [0, 0.1) is 5.82 Å². The van der Waals surface area contributed by atoms with Crippen molar-refractivity contribution in [2.75, 3.05) is 13.2 Å². The second kappa shape index (κ2) is 7.21. The van der Waals surface area contributed by atoms with Gasteiger partial charge in [-0.15, -0.1) is 0 Å². The van der Waals surface area contributed by atoms with E-state index >= 15 is 0 Å². The molecule has 1 amide bonds. The lowest BCUT2D eigenvalue weighted by Crippen LogP contribution is -2.26. The minimum atomic E-state index is -0.460. The molecule has 126 valence electrons. The highest BCUT2D eigenvalue weighted by atomic mass is 79.9. The van der Waals surface area contributed by atoms with Crippen molar-refractivity contribution in [3.05, 3.63) is 57.8 Å². The van der Waals surface area contributed by atoms with Crippen molar-refractivity contribution in [1.82, 2.24) is 5.32 Å². The van der Waals surface area contributed by atoms with Gasteiger partial charge < -0.3 is 14.8 Å². The van der Waals surface area contributed by atoms with E-state index in [9.17, 15) is 9.18 Å². The molecule has 3 rings (SSSR count). The number of hydrogen-bond donors (Lipinski definition) is 1. The summed E-state index contributed by atoms with van der Waals surface area (Å²) in [5, 5.41) is 2.87. The first-order valence-corrected chi connectivity index (χ1v) is 8.49. The average Bonchev–Trinajstić information content (AvgIpc) is 2.78. The van der Waals surface area contributed by atoms with E-state index in [1.165, 1.54) is 12.1 Å². The molecule has 1 N–H and O–H groups in total. The smallest absolute Gasteiger partial charge is 0.251 e. The minimum Gasteiger partial charge on any atom is -0.490 e. The number of nitrogens with one attached hydrogen (secondary N) is 1. The molecule has 6 heteroatoms. The summed E-state index contributed by atoms with van der Waals surface area (Å²) in [6, 6.07) is 9.45. The van der Waals surface area contributed by atoms with Gasteiger partial charge in [0.05, 0.1) is 19.3 Å². The lowest BCUT2D eigenvalue weighted by molar-refractivity contribution is 0.0939. The second-order valence-corrected chi connectivity index (χ2v) is 6.53. The standard InChI is InChI=1S/C18H17BrFNO3/c1-11(21-18(22)13-7-14(19)10-15(20)8-13)12-3-4-16-17(9-12)24-6-2-5-23-16/h3-4,7-11H,2,5-6H2,1H3,(H,21,22). The normalized spacial score (nSPS) is 14.6. The summed E-state index contributed by atoms with van der Waals surface area (Å²) in [4.78, 5) is 12.3. The summed E-state index contributed by atoms with van der Waals surface area (Å²) >= 11 is 3.19. The van der Waals surface area contributed by atoms with Crippen LogP contribution in [-0.4, -0.2) is 19.1 Å². The molecule has 0 saturated heterocycles. The number of carbonyl (C=O) groups excluding carboxylic acids is 1. The highest BCUT2D eigenvalue weighted by molar-refractivity contribution is 9.10. The molecule has 0 radical (unpaired) electrons. The first-order chi connectivity index (χ1) is 11.5. The van der Waals surface area contributed by atoms with Gasteiger partial charge in [0.2, 0.25) is 0 Å². The SMILES string of the molecule is CC(NC(=O)c1cc(F)cc(Br)c1)c1ccc2c(c1)OCCCO2. The van der Waals surface area contributed by atoms with Crippen molar-refractivity contribution in [1.29, 1.82) is 0 Å². The zero-order chi connectivity index (χ0) is 17.1. The van der Waals surface area contributed by atoms with Crippen LogP contribution in [0.2, 0.25) is 0 Å². The monoisotopic (exact) mass is 393 g/mol. The molecule has 1 atom stereocenters. The Kier molecular flexibility index (Phi) is 5.04. The van der Waals surface area contributed by atoms with Gasteiger partial charge in [-0.25, -0.2) is 4.39 Å². The molecule has 1 heterocycles. The van der Waals surface area contributed by atoms with Gasteiger partial charge in [-0.3, -0.25) is 4.79 Å². The van der Waals surface area contributed by atoms with E-state index in [1.807, 2.05) is 25.1 Å². The molecule has 0 fully saturated rings. The van der Waals surface area contributed by atoms with Crippen molar-refractivity contribution in [2.24, 2.45) is 0 Å². The Bertz CT molecular complexity index is 746. The molecule has 0 saturated carbocycles. The molecule has 1 aliphatic heterocycles. The van der Waals surface area contributed by atoms with Crippen LogP contribution in [0.4, 0.5) is 4.39 Å². The fourth-order valence-corrected chi connectivity index (χ4v) is 2.96. The van der Waals surface area contributed by atoms with Crippen molar-refractivity contribution < 1.29 is 18.7 Å². The number of rotatable bonds is 3. The number of halogens is 2. The van der Waals surface area contributed by atoms with Crippen LogP contribution >= 0.6 is 15.9 Å². The highest BCUT2D eigenvalue weighted by Crippen LogP contribution is 2.32. The van der Waals surface area contributed by atoms with E-state index in [2.05, 4.69) is 21.2 Å². The van der Waals surface area contributed by atoms with E-state index in [0.29, 0.717) is 29.2 Å². The van der Waals surface area contributed by atoms with E-state index in [4.69, 9.17) is 9.47 Å². The third kappa shape index (κ3) is 3.87. The van der Waals surface area contributed by atoms with E-state index in [1.54, 1.807) is 6.07 Å². The van der Waals surface area contributed by atoms with E-state index in [-0.39, 0.29) is 17.5 Å². The minimum absolute atomic E-state index is 0.253. The summed E-state index contributed by atoms with van der Waals surface area (Å²) in [6.45, 7) is 3.10. The lowest BCUT2D eigenvalue weighted by Gasteiger charge is -2.16. The number of ether oxygens (including phenoxy) is 2. The molecule has 2 aromatic rings. The summed E-state index contributed by atoms with van der Waals surface area (Å²) in [7, 11) is 0. The number of fused-ring (bicyclic) bond motifs is 1. The highest BCUT2D eigenvalue weighted by Gasteiger charge is 2.16. The molecular formula is C18H17BrFNO3. The Hall–Kier alpha value is -2.08. The molecular weight excluding hydrogens is 377 g/mol. The van der Waals surface area contributed by atoms with Crippen molar-refractivity contribution in [2.45, 2.75) is 19.4 Å². The van der Waals surface area contributed by atoms with Crippen molar-refractivity contribution >= 4 is 21.8 Å². The van der Waals surface area contributed by atoms with Gasteiger partial charge in [-0.2, -0.15) is 0 Å². The number of hydrogen-bond acceptors (Lipinski definition) is 3. The predicted molar refractivity (Wildman–Crippen MR) is 92.0 cm³/mol. The third-order valence-electron chi connectivity index (χ3n) is 3.74. The lowest BCUT2D eigenvalue weighted by atomic mass is 10.1. The number of amides is 1. The molecule has 0 aromatic heterocycles. The zero-order valence-electron chi connectivity index (χ0n) is 13.1. The number of benzene rings is 2. The molecule has 0 bridgehead atoms. The fourth-order valence-electron chi connectivity index (χ4n) is 2.50. The van der Waals surface area contributed by atoms with Gasteiger partial charge >= 0.3 is 0 Å². The van der Waals surface area contributed by atoms with Gasteiger partial charge in [0.1, 0.15) is 5.82 Å². The maximum absolute atomic E-state index is 13.4. The van der Waals surface area contributed by atoms with Crippen LogP contribution in [0.1, 0.15) is 35.3 Å². The first kappa shape index (κ1) is 16.8. The molecule has 1 aliphatic rings. The maximum Gasteiger partial charge on any atom is 0.251 e. The van der Waals surface area contributed by atoms with Crippen LogP contribution in [-0.2, 0) is 0 Å². The Morgan fingerprint density at radius 3 is 2.67 bits per heavy atom. The fraction of sp³-hybridized carbons (Fsp3) is 0.278. The number of carbonyl (C=O) groups is 1. The van der Waals surface area contributed by atoms with E-state index in [0.717, 1.165) is 12.0 Å². The quantitative estimate of drug-likeness (QED) is 0.847. The summed E-state index contributed by atoms with van der Waals surface area (Å²) in [5.74, 6) is 0.594. The average molecular weight is 394 g/mol. The molecule has 0 aliphatic carbocycles. The summed E-state index contributed by atoms with van der Waals surface area (Å²) in [6.07, 6.45) is 0.838. The second-order valence-electron chi connectivity index (χ2n) is 5.61. The molecule has 4 nitrogen and oxygen atoms in total. The van der Waals surface area contributed by atoms with Crippen LogP contribution in [0.3, 0.4) is 0 Å². The van der Waals surface area contributed by atoms with E-state index < -0.39 is 5.82 Å². The summed E-state index contributed by atoms with van der Waals surface area (Å²) in [5.41, 5.74) is 1.16. The molecule has 2 aromatic carbocycles. The molecule has 0 spiro atoms. The Balaban J connectivity index is 1.75. The van der Waals surface area contributed by atoms with Gasteiger partial charge in [0.25, 0.3) is 5.91 Å². The maximum atomic E-state index is 13.4. The van der Waals surface area contributed by atoms with Crippen LogP contribution in [0.25, 0.3) is 0 Å². The zero-order valence-corrected chi connectivity index (χ0v) is 14.7. The van der Waals surface area contributed by atoms with Gasteiger partial charge in [0.15, 0.2) is 11.5 Å². The summed E-state index contributed by atoms with van der Waals surface area (Å²) < 4.78 is 25.2.